The Kier molecular flexibility index (Phi) is 5.38. The largest absolute Gasteiger partial charge is 0.397 e. The van der Waals surface area contributed by atoms with Crippen molar-refractivity contribution in [2.24, 2.45) is 0 Å². The lowest BCUT2D eigenvalue weighted by Crippen LogP contribution is -1.88. The van der Waals surface area contributed by atoms with Crippen LogP contribution in [-0.2, 0) is 0 Å². The Labute approximate surface area is 86.6 Å². The molecule has 0 unspecified atom stereocenters. The predicted octanol–water partition coefficient (Wildman–Crippen LogP) is 3.65. The summed E-state index contributed by atoms with van der Waals surface area (Å²) in [6, 6.07) is 1.44. The molecule has 0 aliphatic rings. The quantitative estimate of drug-likeness (QED) is 0.687. The van der Waals surface area contributed by atoms with Crippen LogP contribution in [0, 0.1) is 0 Å². The van der Waals surface area contributed by atoms with Crippen molar-refractivity contribution in [3.63, 3.8) is 0 Å². The molecule has 1 heterocycles. The molecule has 1 aromatic rings. The molecule has 0 saturated carbocycles. The Morgan fingerprint density at radius 3 is 2.17 bits per heavy atom. The molecule has 0 spiro atoms. The maximum absolute atomic E-state index is 5.57. The van der Waals surface area contributed by atoms with Crippen LogP contribution in [0.15, 0.2) is 6.07 Å². The average molecular weight is 228 g/mol. The number of hydrogen-bond acceptors (Lipinski definition) is 2. The number of aromatic nitrogens is 1. The second-order valence-electron chi connectivity index (χ2n) is 1.64. The number of nitrogens with two attached hydrogens (primary N) is 1. The van der Waals surface area contributed by atoms with E-state index in [1.54, 1.807) is 0 Å². The summed E-state index contributed by atoms with van der Waals surface area (Å²) in [4.78, 5) is 3.65. The van der Waals surface area contributed by atoms with Crippen molar-refractivity contribution in [2.75, 3.05) is 5.73 Å². The second-order valence-corrected chi connectivity index (χ2v) is 2.76. The lowest BCUT2D eigenvalue weighted by Gasteiger charge is -1.98. The van der Waals surface area contributed by atoms with Crippen LogP contribution in [0.2, 0.25) is 15.3 Å². The van der Waals surface area contributed by atoms with Crippen molar-refractivity contribution in [1.82, 2.24) is 4.98 Å². The summed E-state index contributed by atoms with van der Waals surface area (Å²) in [5.41, 5.74) is 5.72. The topological polar surface area (TPSA) is 38.9 Å². The zero-order valence-corrected chi connectivity index (χ0v) is 9.00. The highest BCUT2D eigenvalue weighted by atomic mass is 35.5. The van der Waals surface area contributed by atoms with Gasteiger partial charge in [0.1, 0.15) is 10.2 Å². The molecule has 0 aliphatic carbocycles. The fraction of sp³-hybridized carbons (Fsp3) is 0.286. The van der Waals surface area contributed by atoms with E-state index >= 15 is 0 Å². The smallest absolute Gasteiger partial charge is 0.151 e. The minimum atomic E-state index is 0.131. The molecule has 0 radical (unpaired) electrons. The van der Waals surface area contributed by atoms with Gasteiger partial charge < -0.3 is 5.73 Å². The van der Waals surface area contributed by atoms with E-state index in [9.17, 15) is 0 Å². The van der Waals surface area contributed by atoms with Gasteiger partial charge in [-0.15, -0.1) is 0 Å². The van der Waals surface area contributed by atoms with Crippen LogP contribution in [0.4, 0.5) is 5.69 Å². The molecular formula is C7H9Cl3N2. The Bertz CT molecular complexity index is 240. The van der Waals surface area contributed by atoms with Crippen molar-refractivity contribution < 1.29 is 0 Å². The summed E-state index contributed by atoms with van der Waals surface area (Å²) >= 11 is 16.6. The molecule has 68 valence electrons. The summed E-state index contributed by atoms with van der Waals surface area (Å²) in [6.45, 7) is 4.00. The van der Waals surface area contributed by atoms with E-state index in [1.165, 1.54) is 6.07 Å². The van der Waals surface area contributed by atoms with E-state index in [-0.39, 0.29) is 15.3 Å². The number of rotatable bonds is 0. The summed E-state index contributed by atoms with van der Waals surface area (Å²) in [5.74, 6) is 0. The molecule has 0 aromatic carbocycles. The Balaban J connectivity index is 0.000000561. The first-order valence-electron chi connectivity index (χ1n) is 3.38. The van der Waals surface area contributed by atoms with Gasteiger partial charge in [0.15, 0.2) is 5.15 Å². The molecule has 2 N–H and O–H groups in total. The maximum Gasteiger partial charge on any atom is 0.151 e. The van der Waals surface area contributed by atoms with E-state index in [2.05, 4.69) is 4.98 Å². The first-order valence-corrected chi connectivity index (χ1v) is 4.51. The molecule has 0 aliphatic heterocycles. The van der Waals surface area contributed by atoms with Gasteiger partial charge in [-0.1, -0.05) is 48.7 Å². The maximum atomic E-state index is 5.57. The standard InChI is InChI=1S/C5H3Cl3N2.C2H6/c6-3-1-2(9)4(7)5(8)10-3;1-2/h1H,(H2,9,10);1-2H3. The fourth-order valence-corrected chi connectivity index (χ4v) is 1.03. The van der Waals surface area contributed by atoms with E-state index in [0.717, 1.165) is 0 Å². The highest BCUT2D eigenvalue weighted by Gasteiger charge is 2.03. The van der Waals surface area contributed by atoms with Crippen molar-refractivity contribution in [1.29, 1.82) is 0 Å². The molecule has 12 heavy (non-hydrogen) atoms. The van der Waals surface area contributed by atoms with Gasteiger partial charge in [0.2, 0.25) is 0 Å². The van der Waals surface area contributed by atoms with E-state index in [4.69, 9.17) is 40.5 Å². The lowest BCUT2D eigenvalue weighted by molar-refractivity contribution is 1.33. The van der Waals surface area contributed by atoms with E-state index < -0.39 is 0 Å². The number of anilines is 1. The van der Waals surface area contributed by atoms with Crippen LogP contribution in [0.25, 0.3) is 0 Å². The van der Waals surface area contributed by atoms with Crippen LogP contribution < -0.4 is 5.73 Å². The Hall–Kier alpha value is -0.180. The molecule has 0 bridgehead atoms. The lowest BCUT2D eigenvalue weighted by atomic mass is 10.4. The van der Waals surface area contributed by atoms with Gasteiger partial charge in [-0.2, -0.15) is 0 Å². The Morgan fingerprint density at radius 1 is 1.25 bits per heavy atom. The summed E-state index contributed by atoms with van der Waals surface area (Å²) in [5, 5.41) is 0.615. The van der Waals surface area contributed by atoms with Crippen LogP contribution in [0.3, 0.4) is 0 Å². The second kappa shape index (κ2) is 5.46. The first-order chi connectivity index (χ1) is 5.61. The van der Waals surface area contributed by atoms with Gasteiger partial charge in [-0.05, 0) is 0 Å². The summed E-state index contributed by atoms with van der Waals surface area (Å²) in [6.07, 6.45) is 0. The number of pyridine rings is 1. The Morgan fingerprint density at radius 2 is 1.75 bits per heavy atom. The zero-order chi connectivity index (χ0) is 9.72. The van der Waals surface area contributed by atoms with Crippen LogP contribution >= 0.6 is 34.8 Å². The normalized spacial score (nSPS) is 8.75. The van der Waals surface area contributed by atoms with Crippen LogP contribution in [-0.4, -0.2) is 4.98 Å². The predicted molar refractivity (Wildman–Crippen MR) is 55.0 cm³/mol. The van der Waals surface area contributed by atoms with Crippen LogP contribution in [0.1, 0.15) is 13.8 Å². The van der Waals surface area contributed by atoms with Crippen molar-refractivity contribution in [2.45, 2.75) is 13.8 Å². The van der Waals surface area contributed by atoms with Gasteiger partial charge in [-0.25, -0.2) is 4.98 Å². The van der Waals surface area contributed by atoms with E-state index in [1.807, 2.05) is 13.8 Å². The van der Waals surface area contributed by atoms with Gasteiger partial charge >= 0.3 is 0 Å². The molecular weight excluding hydrogens is 218 g/mol. The molecule has 1 aromatic heterocycles. The molecule has 0 saturated heterocycles. The number of halogens is 3. The average Bonchev–Trinajstić information content (AvgIpc) is 2.04. The minimum absolute atomic E-state index is 0.131. The van der Waals surface area contributed by atoms with E-state index in [0.29, 0.717) is 5.69 Å². The molecule has 5 heteroatoms. The zero-order valence-electron chi connectivity index (χ0n) is 6.74. The third-order valence-electron chi connectivity index (χ3n) is 0.914. The highest BCUT2D eigenvalue weighted by Crippen LogP contribution is 2.27. The number of nitrogen functional groups attached to an aromatic ring is 1. The SMILES string of the molecule is CC.Nc1cc(Cl)nc(Cl)c1Cl. The van der Waals surface area contributed by atoms with Crippen LogP contribution in [0.5, 0.6) is 0 Å². The number of nitrogens with zero attached hydrogens (tertiary/aromatic N) is 1. The molecule has 0 fully saturated rings. The van der Waals surface area contributed by atoms with Gasteiger partial charge in [0.05, 0.1) is 5.69 Å². The molecule has 0 atom stereocenters. The molecule has 0 amide bonds. The summed E-state index contributed by atoms with van der Waals surface area (Å²) < 4.78 is 0. The summed E-state index contributed by atoms with van der Waals surface area (Å²) in [7, 11) is 0. The van der Waals surface area contributed by atoms with Crippen molar-refractivity contribution >= 4 is 40.5 Å². The number of hydrogen-bond donors (Lipinski definition) is 1. The van der Waals surface area contributed by atoms with Gasteiger partial charge in [0, 0.05) is 6.07 Å². The fourth-order valence-electron chi connectivity index (χ4n) is 0.486. The molecule has 2 nitrogen and oxygen atoms in total. The third-order valence-corrected chi connectivity index (χ3v) is 1.88. The van der Waals surface area contributed by atoms with Gasteiger partial charge in [0.25, 0.3) is 0 Å². The monoisotopic (exact) mass is 226 g/mol. The first kappa shape index (κ1) is 11.8. The minimum Gasteiger partial charge on any atom is -0.397 e. The van der Waals surface area contributed by atoms with Crippen molar-refractivity contribution in [3.05, 3.63) is 21.4 Å². The highest BCUT2D eigenvalue weighted by molar-refractivity contribution is 6.43. The van der Waals surface area contributed by atoms with Gasteiger partial charge in [-0.3, -0.25) is 0 Å². The van der Waals surface area contributed by atoms with Crippen molar-refractivity contribution in [3.8, 4) is 0 Å². The molecule has 1 rings (SSSR count). The third kappa shape index (κ3) is 3.05.